The van der Waals surface area contributed by atoms with Crippen molar-refractivity contribution in [3.63, 3.8) is 0 Å². The summed E-state index contributed by atoms with van der Waals surface area (Å²) in [7, 11) is -3.80. The summed E-state index contributed by atoms with van der Waals surface area (Å²) in [5, 5.41) is 24.7. The van der Waals surface area contributed by atoms with Crippen LogP contribution in [0.5, 0.6) is 0 Å². The molecule has 0 saturated carbocycles. The maximum atomic E-state index is 11.7. The van der Waals surface area contributed by atoms with Crippen LogP contribution in [0, 0.1) is 13.8 Å². The molecule has 0 atom stereocenters. The molecule has 128 valence electrons. The molecule has 1 aromatic rings. The third kappa shape index (κ3) is 8.42. The maximum Gasteiger partial charge on any atom is 0.313 e. The highest BCUT2D eigenvalue weighted by Crippen LogP contribution is 2.17. The van der Waals surface area contributed by atoms with E-state index in [0.717, 1.165) is 18.4 Å². The van der Waals surface area contributed by atoms with Crippen molar-refractivity contribution in [3.8, 4) is 0 Å². The van der Waals surface area contributed by atoms with Gasteiger partial charge in [0.25, 0.3) is 0 Å². The molecule has 0 bridgehead atoms. The number of benzene rings is 1. The van der Waals surface area contributed by atoms with Gasteiger partial charge in [-0.2, -0.15) is 18.2 Å². The van der Waals surface area contributed by atoms with Gasteiger partial charge in [-0.05, 0) is 38.3 Å². The summed E-state index contributed by atoms with van der Waals surface area (Å²) in [4.78, 5) is 0.128. The molecule has 7 nitrogen and oxygen atoms in total. The van der Waals surface area contributed by atoms with E-state index in [4.69, 9.17) is 15.3 Å². The molecule has 0 spiro atoms. The van der Waals surface area contributed by atoms with Crippen molar-refractivity contribution in [2.75, 3.05) is 26.4 Å². The molecule has 0 fully saturated rings. The van der Waals surface area contributed by atoms with Gasteiger partial charge in [0.1, 0.15) is 0 Å². The fraction of sp³-hybridized carbons (Fsp3) is 0.571. The van der Waals surface area contributed by atoms with Crippen LogP contribution in [0.2, 0.25) is 0 Å². The van der Waals surface area contributed by atoms with Gasteiger partial charge in [-0.3, -0.25) is 0 Å². The van der Waals surface area contributed by atoms with Crippen LogP contribution in [0.3, 0.4) is 0 Å². The van der Waals surface area contributed by atoms with Crippen LogP contribution in [0.1, 0.15) is 24.0 Å². The molecule has 1 rings (SSSR count). The molecule has 1 aromatic carbocycles. The van der Waals surface area contributed by atoms with Gasteiger partial charge >= 0.3 is 10.1 Å². The number of unbranched alkanes of at least 4 members (excludes halogenated alkanes) is 1. The standard InChI is InChI=1S/C10H15NO4S.C4H10O2/c1-8-3-4-10(9(2)7-8)16(13,14)15-11-5-6-12;5-3-1-2-4-6/h3-4,7,11-12H,5-6H2,1-2H3;5-6H,1-4H2. The summed E-state index contributed by atoms with van der Waals surface area (Å²) in [6.45, 7) is 3.84. The van der Waals surface area contributed by atoms with Crippen molar-refractivity contribution in [3.05, 3.63) is 29.3 Å². The molecule has 0 amide bonds. The largest absolute Gasteiger partial charge is 0.396 e. The van der Waals surface area contributed by atoms with Gasteiger partial charge in [0.2, 0.25) is 0 Å². The Morgan fingerprint density at radius 3 is 2.09 bits per heavy atom. The monoisotopic (exact) mass is 335 g/mol. The quantitative estimate of drug-likeness (QED) is 0.398. The van der Waals surface area contributed by atoms with E-state index >= 15 is 0 Å². The van der Waals surface area contributed by atoms with Crippen molar-refractivity contribution in [1.82, 2.24) is 5.48 Å². The summed E-state index contributed by atoms with van der Waals surface area (Å²) >= 11 is 0. The number of aliphatic hydroxyl groups excluding tert-OH is 3. The number of hydrogen-bond donors (Lipinski definition) is 4. The molecule has 0 aliphatic carbocycles. The average Bonchev–Trinajstić information content (AvgIpc) is 2.45. The van der Waals surface area contributed by atoms with Crippen LogP contribution in [-0.2, 0) is 14.4 Å². The maximum absolute atomic E-state index is 11.7. The number of aliphatic hydroxyl groups is 3. The van der Waals surface area contributed by atoms with Crippen LogP contribution < -0.4 is 5.48 Å². The molecule has 4 N–H and O–H groups in total. The first-order valence-corrected chi connectivity index (χ1v) is 8.36. The smallest absolute Gasteiger partial charge is 0.313 e. The number of rotatable bonds is 8. The van der Waals surface area contributed by atoms with Crippen molar-refractivity contribution >= 4 is 10.1 Å². The zero-order valence-corrected chi connectivity index (χ0v) is 13.8. The normalized spacial score (nSPS) is 11.0. The molecule has 0 aromatic heterocycles. The Morgan fingerprint density at radius 1 is 1.05 bits per heavy atom. The molecule has 0 heterocycles. The lowest BCUT2D eigenvalue weighted by atomic mass is 10.2. The minimum atomic E-state index is -3.80. The van der Waals surface area contributed by atoms with Crippen molar-refractivity contribution in [2.24, 2.45) is 0 Å². The fourth-order valence-corrected chi connectivity index (χ4v) is 2.53. The lowest BCUT2D eigenvalue weighted by molar-refractivity contribution is 0.170. The Balaban J connectivity index is 0.000000626. The SMILES string of the molecule is Cc1ccc(S(=O)(=O)ONCCO)c(C)c1.OCCCCO. The first kappa shape index (κ1) is 21.0. The summed E-state index contributed by atoms with van der Waals surface area (Å²) in [6.07, 6.45) is 1.44. The second-order valence-corrected chi connectivity index (χ2v) is 6.09. The van der Waals surface area contributed by atoms with E-state index in [1.807, 2.05) is 6.92 Å². The first-order valence-electron chi connectivity index (χ1n) is 6.95. The third-order valence-electron chi connectivity index (χ3n) is 2.55. The van der Waals surface area contributed by atoms with Crippen LogP contribution in [0.15, 0.2) is 23.1 Å². The second-order valence-electron chi connectivity index (χ2n) is 4.58. The zero-order valence-electron chi connectivity index (χ0n) is 12.9. The van der Waals surface area contributed by atoms with Gasteiger partial charge in [-0.15, -0.1) is 0 Å². The van der Waals surface area contributed by atoms with E-state index < -0.39 is 10.1 Å². The summed E-state index contributed by atoms with van der Waals surface area (Å²) in [5.41, 5.74) is 3.79. The average molecular weight is 335 g/mol. The lowest BCUT2D eigenvalue weighted by Gasteiger charge is -2.08. The molecule has 8 heteroatoms. The number of hydrogen-bond acceptors (Lipinski definition) is 7. The Labute approximate surface area is 131 Å². The Hall–Kier alpha value is -1.03. The van der Waals surface area contributed by atoms with Crippen LogP contribution in [-0.4, -0.2) is 50.1 Å². The van der Waals surface area contributed by atoms with Crippen LogP contribution in [0.4, 0.5) is 0 Å². The highest BCUT2D eigenvalue weighted by atomic mass is 32.2. The molecule has 0 unspecified atom stereocenters. The molecule has 0 saturated heterocycles. The van der Waals surface area contributed by atoms with Gasteiger partial charge in [-0.25, -0.2) is 0 Å². The Morgan fingerprint density at radius 2 is 1.64 bits per heavy atom. The predicted molar refractivity (Wildman–Crippen MR) is 82.7 cm³/mol. The van der Waals surface area contributed by atoms with Crippen molar-refractivity contribution in [1.29, 1.82) is 0 Å². The van der Waals surface area contributed by atoms with Crippen LogP contribution in [0.25, 0.3) is 0 Å². The zero-order chi connectivity index (χ0) is 17.0. The molecular formula is C14H25NO6S. The van der Waals surface area contributed by atoms with Gasteiger partial charge in [0.15, 0.2) is 0 Å². The van der Waals surface area contributed by atoms with E-state index in [9.17, 15) is 8.42 Å². The van der Waals surface area contributed by atoms with Gasteiger partial charge in [0, 0.05) is 19.8 Å². The Bertz CT molecular complexity index is 514. The van der Waals surface area contributed by atoms with Crippen molar-refractivity contribution in [2.45, 2.75) is 31.6 Å². The summed E-state index contributed by atoms with van der Waals surface area (Å²) in [5.74, 6) is 0. The van der Waals surface area contributed by atoms with E-state index in [1.165, 1.54) is 6.07 Å². The van der Waals surface area contributed by atoms with Crippen LogP contribution >= 0.6 is 0 Å². The summed E-state index contributed by atoms with van der Waals surface area (Å²) < 4.78 is 27.9. The lowest BCUT2D eigenvalue weighted by Crippen LogP contribution is -2.23. The third-order valence-corrected chi connectivity index (χ3v) is 3.88. The van der Waals surface area contributed by atoms with E-state index in [-0.39, 0.29) is 31.3 Å². The predicted octanol–water partition coefficient (Wildman–Crippen LogP) is 0.257. The molecule has 0 aliphatic rings. The van der Waals surface area contributed by atoms with E-state index in [2.05, 4.69) is 9.76 Å². The van der Waals surface area contributed by atoms with E-state index in [1.54, 1.807) is 19.1 Å². The molecule has 22 heavy (non-hydrogen) atoms. The van der Waals surface area contributed by atoms with Gasteiger partial charge < -0.3 is 15.3 Å². The highest BCUT2D eigenvalue weighted by Gasteiger charge is 2.17. The van der Waals surface area contributed by atoms with Gasteiger partial charge in [-0.1, -0.05) is 17.7 Å². The number of nitrogens with one attached hydrogen (secondary N) is 1. The molecule has 0 radical (unpaired) electrons. The molecular weight excluding hydrogens is 310 g/mol. The second kappa shape index (κ2) is 11.5. The fourth-order valence-electron chi connectivity index (χ4n) is 1.51. The first-order chi connectivity index (χ1) is 10.4. The minimum absolute atomic E-state index is 0.0597. The topological polar surface area (TPSA) is 116 Å². The van der Waals surface area contributed by atoms with E-state index in [0.29, 0.717) is 5.56 Å². The van der Waals surface area contributed by atoms with Crippen molar-refractivity contribution < 1.29 is 28.0 Å². The number of aryl methyl sites for hydroxylation is 2. The summed E-state index contributed by atoms with van der Waals surface area (Å²) in [6, 6.07) is 4.97. The number of hydroxylamine groups is 1. The Kier molecular flexibility index (Phi) is 11.0. The minimum Gasteiger partial charge on any atom is -0.396 e. The highest BCUT2D eigenvalue weighted by molar-refractivity contribution is 7.86. The van der Waals surface area contributed by atoms with Gasteiger partial charge in [0.05, 0.1) is 11.5 Å². The molecule has 0 aliphatic heterocycles.